The Labute approximate surface area is 123 Å². The van der Waals surface area contributed by atoms with Gasteiger partial charge in [-0.2, -0.15) is 0 Å². The van der Waals surface area contributed by atoms with Gasteiger partial charge in [0.05, 0.1) is 15.8 Å². The van der Waals surface area contributed by atoms with Crippen LogP contribution in [-0.4, -0.2) is 19.0 Å². The van der Waals surface area contributed by atoms with Crippen LogP contribution in [0, 0.1) is 5.41 Å². The number of halogens is 1. The quantitative estimate of drug-likeness (QED) is 0.895. The Balaban J connectivity index is 2.03. The Morgan fingerprint density at radius 2 is 2.42 bits per heavy atom. The lowest BCUT2D eigenvalue weighted by molar-refractivity contribution is -0.133. The second kappa shape index (κ2) is 6.25. The summed E-state index contributed by atoms with van der Waals surface area (Å²) < 4.78 is 0.764. The van der Waals surface area contributed by atoms with E-state index in [1.807, 2.05) is 19.1 Å². The molecule has 0 spiro atoms. The van der Waals surface area contributed by atoms with Crippen molar-refractivity contribution in [2.75, 3.05) is 13.1 Å². The summed E-state index contributed by atoms with van der Waals surface area (Å²) in [6.45, 7) is 5.91. The van der Waals surface area contributed by atoms with Crippen molar-refractivity contribution in [3.05, 3.63) is 21.3 Å². The van der Waals surface area contributed by atoms with Gasteiger partial charge in [-0.25, -0.2) is 0 Å². The van der Waals surface area contributed by atoms with E-state index in [0.717, 1.165) is 41.6 Å². The largest absolute Gasteiger partial charge is 0.348 e. The maximum atomic E-state index is 12.6. The van der Waals surface area contributed by atoms with Crippen molar-refractivity contribution in [1.82, 2.24) is 10.6 Å². The number of carbonyl (C=O) groups excluding carboxylic acids is 1. The number of hydrogen-bond acceptors (Lipinski definition) is 3. The highest BCUT2D eigenvalue weighted by atomic mass is 35.5. The predicted octanol–water partition coefficient (Wildman–Crippen LogP) is 3.36. The summed E-state index contributed by atoms with van der Waals surface area (Å²) in [4.78, 5) is 13.7. The van der Waals surface area contributed by atoms with E-state index < -0.39 is 0 Å². The van der Waals surface area contributed by atoms with Crippen LogP contribution >= 0.6 is 22.9 Å². The van der Waals surface area contributed by atoms with Crippen LogP contribution in [-0.2, 0) is 4.79 Å². The molecular formula is C14H21ClN2OS. The molecule has 1 aliphatic heterocycles. The molecule has 3 nitrogen and oxygen atoms in total. The fraction of sp³-hybridized carbons (Fsp3) is 0.643. The topological polar surface area (TPSA) is 41.1 Å². The third-order valence-electron chi connectivity index (χ3n) is 4.00. The van der Waals surface area contributed by atoms with Gasteiger partial charge in [0.1, 0.15) is 0 Å². The first-order valence-electron chi connectivity index (χ1n) is 6.84. The van der Waals surface area contributed by atoms with E-state index in [-0.39, 0.29) is 17.4 Å². The van der Waals surface area contributed by atoms with Gasteiger partial charge in [-0.3, -0.25) is 4.79 Å². The molecule has 2 atom stereocenters. The normalized spacial score (nSPS) is 25.0. The van der Waals surface area contributed by atoms with Crippen LogP contribution in [0.4, 0.5) is 0 Å². The molecule has 5 heteroatoms. The first-order valence-corrected chi connectivity index (χ1v) is 8.04. The number of thiophene rings is 1. The zero-order valence-electron chi connectivity index (χ0n) is 11.5. The van der Waals surface area contributed by atoms with Crippen molar-refractivity contribution in [2.45, 2.75) is 39.2 Å². The third-order valence-corrected chi connectivity index (χ3v) is 5.41. The zero-order valence-corrected chi connectivity index (χ0v) is 13.0. The fourth-order valence-electron chi connectivity index (χ4n) is 2.61. The van der Waals surface area contributed by atoms with Gasteiger partial charge in [0.25, 0.3) is 0 Å². The molecule has 0 saturated carbocycles. The van der Waals surface area contributed by atoms with Crippen molar-refractivity contribution in [2.24, 2.45) is 5.41 Å². The number of carbonyl (C=O) groups is 1. The minimum absolute atomic E-state index is 0.0235. The lowest BCUT2D eigenvalue weighted by atomic mass is 9.77. The average molecular weight is 301 g/mol. The summed E-state index contributed by atoms with van der Waals surface area (Å²) in [6, 6.07) is 3.88. The monoisotopic (exact) mass is 300 g/mol. The highest BCUT2D eigenvalue weighted by molar-refractivity contribution is 7.16. The maximum absolute atomic E-state index is 12.6. The van der Waals surface area contributed by atoms with Crippen molar-refractivity contribution in [1.29, 1.82) is 0 Å². The van der Waals surface area contributed by atoms with Crippen LogP contribution in [0.15, 0.2) is 12.1 Å². The molecule has 2 rings (SSSR count). The summed E-state index contributed by atoms with van der Waals surface area (Å²) in [7, 11) is 0. The summed E-state index contributed by atoms with van der Waals surface area (Å²) in [5.74, 6) is 0.166. The number of nitrogens with one attached hydrogen (secondary N) is 2. The van der Waals surface area contributed by atoms with Crippen LogP contribution in [0.1, 0.15) is 44.0 Å². The van der Waals surface area contributed by atoms with Crippen LogP contribution in [0.5, 0.6) is 0 Å². The zero-order chi connectivity index (χ0) is 13.9. The number of rotatable bonds is 4. The van der Waals surface area contributed by atoms with E-state index in [4.69, 9.17) is 11.6 Å². The second-order valence-electron chi connectivity index (χ2n) is 5.25. The summed E-state index contributed by atoms with van der Waals surface area (Å²) in [5, 5.41) is 6.49. The third kappa shape index (κ3) is 3.30. The Bertz CT molecular complexity index is 440. The predicted molar refractivity (Wildman–Crippen MR) is 80.7 cm³/mol. The molecule has 2 heterocycles. The SMILES string of the molecule is CCC1(C(=O)NC(C)c2ccc(Cl)s2)CCCNC1. The molecule has 1 saturated heterocycles. The van der Waals surface area contributed by atoms with Gasteiger partial charge >= 0.3 is 0 Å². The van der Waals surface area contributed by atoms with E-state index in [2.05, 4.69) is 17.6 Å². The molecule has 0 aromatic carbocycles. The Hall–Kier alpha value is -0.580. The second-order valence-corrected chi connectivity index (χ2v) is 7.00. The van der Waals surface area contributed by atoms with Gasteiger partial charge in [-0.1, -0.05) is 18.5 Å². The summed E-state index contributed by atoms with van der Waals surface area (Å²) in [6.07, 6.45) is 2.92. The van der Waals surface area contributed by atoms with Crippen LogP contribution in [0.25, 0.3) is 0 Å². The molecule has 1 amide bonds. The van der Waals surface area contributed by atoms with Crippen molar-refractivity contribution >= 4 is 28.8 Å². The van der Waals surface area contributed by atoms with Gasteiger partial charge in [0, 0.05) is 11.4 Å². The molecule has 1 aromatic rings. The molecule has 0 radical (unpaired) electrons. The van der Waals surface area contributed by atoms with Gasteiger partial charge in [-0.05, 0) is 44.9 Å². The number of piperidine rings is 1. The minimum Gasteiger partial charge on any atom is -0.348 e. The molecular weight excluding hydrogens is 280 g/mol. The van der Waals surface area contributed by atoms with Gasteiger partial charge in [0.15, 0.2) is 0 Å². The van der Waals surface area contributed by atoms with E-state index in [9.17, 15) is 4.79 Å². The molecule has 1 fully saturated rings. The Morgan fingerprint density at radius 3 is 2.95 bits per heavy atom. The van der Waals surface area contributed by atoms with Crippen molar-refractivity contribution in [3.63, 3.8) is 0 Å². The molecule has 0 aliphatic carbocycles. The molecule has 19 heavy (non-hydrogen) atoms. The molecule has 2 N–H and O–H groups in total. The van der Waals surface area contributed by atoms with Crippen molar-refractivity contribution < 1.29 is 4.79 Å². The maximum Gasteiger partial charge on any atom is 0.227 e. The minimum atomic E-state index is -0.242. The lowest BCUT2D eigenvalue weighted by Gasteiger charge is -2.36. The van der Waals surface area contributed by atoms with Crippen LogP contribution < -0.4 is 10.6 Å². The summed E-state index contributed by atoms with van der Waals surface area (Å²) >= 11 is 7.47. The standard InChI is InChI=1S/C14H21ClN2OS/c1-3-14(7-4-8-16-9-14)13(18)17-10(2)11-5-6-12(15)19-11/h5-6,10,16H,3-4,7-9H2,1-2H3,(H,17,18). The highest BCUT2D eigenvalue weighted by Gasteiger charge is 2.38. The average Bonchev–Trinajstić information content (AvgIpc) is 2.86. The van der Waals surface area contributed by atoms with Crippen LogP contribution in [0.2, 0.25) is 4.34 Å². The van der Waals surface area contributed by atoms with Gasteiger partial charge in [0.2, 0.25) is 5.91 Å². The number of hydrogen-bond donors (Lipinski definition) is 2. The Morgan fingerprint density at radius 1 is 1.63 bits per heavy atom. The fourth-order valence-corrected chi connectivity index (χ4v) is 3.67. The van der Waals surface area contributed by atoms with Gasteiger partial charge in [-0.15, -0.1) is 11.3 Å². The summed E-state index contributed by atoms with van der Waals surface area (Å²) in [5.41, 5.74) is -0.242. The highest BCUT2D eigenvalue weighted by Crippen LogP contribution is 2.32. The molecule has 2 unspecified atom stereocenters. The van der Waals surface area contributed by atoms with E-state index in [0.29, 0.717) is 0 Å². The van der Waals surface area contributed by atoms with E-state index >= 15 is 0 Å². The first kappa shape index (κ1) is 14.8. The molecule has 0 bridgehead atoms. The first-order chi connectivity index (χ1) is 9.07. The number of amides is 1. The van der Waals surface area contributed by atoms with E-state index in [1.165, 1.54) is 11.3 Å². The van der Waals surface area contributed by atoms with Crippen molar-refractivity contribution in [3.8, 4) is 0 Å². The molecule has 106 valence electrons. The van der Waals surface area contributed by atoms with Gasteiger partial charge < -0.3 is 10.6 Å². The van der Waals surface area contributed by atoms with Crippen LogP contribution in [0.3, 0.4) is 0 Å². The van der Waals surface area contributed by atoms with E-state index in [1.54, 1.807) is 0 Å². The molecule has 1 aromatic heterocycles. The molecule has 1 aliphatic rings. The Kier molecular flexibility index (Phi) is 4.87. The smallest absolute Gasteiger partial charge is 0.227 e. The lowest BCUT2D eigenvalue weighted by Crippen LogP contribution is -2.50.